The van der Waals surface area contributed by atoms with Gasteiger partial charge in [-0.25, -0.2) is 0 Å². The number of fused-ring (bicyclic) bond motifs is 1. The standard InChI is InChI=1S/C12H14N2OS/c1-14-12(15)6-10(13)9-7-16-11-5-3-2-4-8(9)11/h2-5,7,10H,6,13H2,1H3,(H,14,15). The lowest BCUT2D eigenvalue weighted by atomic mass is 10.0. The molecule has 1 aromatic carbocycles. The van der Waals surface area contributed by atoms with Gasteiger partial charge in [0.2, 0.25) is 5.91 Å². The van der Waals surface area contributed by atoms with E-state index in [1.165, 1.54) is 4.70 Å². The maximum atomic E-state index is 11.3. The van der Waals surface area contributed by atoms with Crippen LogP contribution >= 0.6 is 11.3 Å². The third kappa shape index (κ3) is 2.08. The number of carbonyl (C=O) groups is 1. The molecule has 3 N–H and O–H groups in total. The van der Waals surface area contributed by atoms with E-state index in [1.807, 2.05) is 23.6 Å². The number of carbonyl (C=O) groups excluding carboxylic acids is 1. The van der Waals surface area contributed by atoms with Crippen LogP contribution in [0.5, 0.6) is 0 Å². The SMILES string of the molecule is CNC(=O)CC(N)c1csc2ccccc12. The Morgan fingerprint density at radius 1 is 1.50 bits per heavy atom. The molecule has 0 bridgehead atoms. The zero-order chi connectivity index (χ0) is 11.5. The molecule has 0 aliphatic heterocycles. The molecule has 16 heavy (non-hydrogen) atoms. The Kier molecular flexibility index (Phi) is 3.22. The van der Waals surface area contributed by atoms with Crippen LogP contribution in [-0.2, 0) is 4.79 Å². The molecule has 0 aliphatic rings. The fourth-order valence-electron chi connectivity index (χ4n) is 1.70. The fourth-order valence-corrected chi connectivity index (χ4v) is 2.72. The van der Waals surface area contributed by atoms with Gasteiger partial charge in [0.25, 0.3) is 0 Å². The van der Waals surface area contributed by atoms with E-state index < -0.39 is 0 Å². The van der Waals surface area contributed by atoms with Gasteiger partial charge in [-0.3, -0.25) is 4.79 Å². The van der Waals surface area contributed by atoms with E-state index in [0.29, 0.717) is 6.42 Å². The molecule has 0 fully saturated rings. The minimum absolute atomic E-state index is 0.0252. The lowest BCUT2D eigenvalue weighted by Crippen LogP contribution is -2.23. The second-order valence-electron chi connectivity index (χ2n) is 3.67. The highest BCUT2D eigenvalue weighted by Crippen LogP contribution is 2.30. The average Bonchev–Trinajstić information content (AvgIpc) is 2.72. The van der Waals surface area contributed by atoms with Gasteiger partial charge in [-0.1, -0.05) is 18.2 Å². The second kappa shape index (κ2) is 4.63. The summed E-state index contributed by atoms with van der Waals surface area (Å²) in [7, 11) is 1.63. The third-order valence-corrected chi connectivity index (χ3v) is 3.58. The number of hydrogen-bond donors (Lipinski definition) is 2. The van der Waals surface area contributed by atoms with Gasteiger partial charge < -0.3 is 11.1 Å². The van der Waals surface area contributed by atoms with E-state index in [0.717, 1.165) is 10.9 Å². The molecular formula is C12H14N2OS. The predicted molar refractivity (Wildman–Crippen MR) is 67.4 cm³/mol. The van der Waals surface area contributed by atoms with Crippen LogP contribution < -0.4 is 11.1 Å². The summed E-state index contributed by atoms with van der Waals surface area (Å²) in [4.78, 5) is 11.3. The molecule has 0 spiro atoms. The highest BCUT2D eigenvalue weighted by molar-refractivity contribution is 7.17. The minimum atomic E-state index is -0.226. The first kappa shape index (κ1) is 11.1. The first-order chi connectivity index (χ1) is 7.72. The molecule has 0 saturated carbocycles. The third-order valence-electron chi connectivity index (χ3n) is 2.59. The normalized spacial score (nSPS) is 12.6. The Balaban J connectivity index is 2.29. The number of nitrogens with two attached hydrogens (primary N) is 1. The number of hydrogen-bond acceptors (Lipinski definition) is 3. The molecule has 0 aliphatic carbocycles. The summed E-state index contributed by atoms with van der Waals surface area (Å²) in [5, 5.41) is 5.79. The number of rotatable bonds is 3. The van der Waals surface area contributed by atoms with E-state index >= 15 is 0 Å². The molecule has 1 heterocycles. The Morgan fingerprint density at radius 2 is 2.25 bits per heavy atom. The first-order valence-electron chi connectivity index (χ1n) is 5.14. The average molecular weight is 234 g/mol. The summed E-state index contributed by atoms with van der Waals surface area (Å²) in [6, 6.07) is 7.88. The van der Waals surface area contributed by atoms with E-state index in [-0.39, 0.29) is 11.9 Å². The maximum absolute atomic E-state index is 11.3. The maximum Gasteiger partial charge on any atom is 0.221 e. The highest BCUT2D eigenvalue weighted by Gasteiger charge is 2.14. The van der Waals surface area contributed by atoms with Gasteiger partial charge in [-0.2, -0.15) is 0 Å². The molecule has 2 aromatic rings. The van der Waals surface area contributed by atoms with Crippen molar-refractivity contribution in [2.75, 3.05) is 7.05 Å². The number of amides is 1. The second-order valence-corrected chi connectivity index (χ2v) is 4.58. The summed E-state index contributed by atoms with van der Waals surface area (Å²) < 4.78 is 1.21. The summed E-state index contributed by atoms with van der Waals surface area (Å²) in [5.74, 6) is -0.0252. The van der Waals surface area contributed by atoms with Crippen molar-refractivity contribution in [3.8, 4) is 0 Å². The monoisotopic (exact) mass is 234 g/mol. The Labute approximate surface area is 98.3 Å². The quantitative estimate of drug-likeness (QED) is 0.854. The molecule has 1 atom stereocenters. The van der Waals surface area contributed by atoms with Gasteiger partial charge in [0.05, 0.1) is 0 Å². The summed E-state index contributed by atoms with van der Waals surface area (Å²) in [5.41, 5.74) is 7.09. The zero-order valence-corrected chi connectivity index (χ0v) is 9.88. The Bertz CT molecular complexity index is 506. The first-order valence-corrected chi connectivity index (χ1v) is 6.02. The van der Waals surface area contributed by atoms with Crippen molar-refractivity contribution >= 4 is 27.3 Å². The van der Waals surface area contributed by atoms with Crippen LogP contribution in [0.2, 0.25) is 0 Å². The van der Waals surface area contributed by atoms with Crippen molar-refractivity contribution in [1.82, 2.24) is 5.32 Å². The van der Waals surface area contributed by atoms with E-state index in [1.54, 1.807) is 18.4 Å². The van der Waals surface area contributed by atoms with Crippen molar-refractivity contribution in [1.29, 1.82) is 0 Å². The van der Waals surface area contributed by atoms with Crippen molar-refractivity contribution in [2.45, 2.75) is 12.5 Å². The lowest BCUT2D eigenvalue weighted by Gasteiger charge is -2.09. The van der Waals surface area contributed by atoms with E-state index in [4.69, 9.17) is 5.73 Å². The molecule has 1 amide bonds. The molecule has 4 heteroatoms. The predicted octanol–water partition coefficient (Wildman–Crippen LogP) is 2.04. The van der Waals surface area contributed by atoms with Crippen LogP contribution in [-0.4, -0.2) is 13.0 Å². The molecular weight excluding hydrogens is 220 g/mol. The van der Waals surface area contributed by atoms with Crippen molar-refractivity contribution in [2.24, 2.45) is 5.73 Å². The van der Waals surface area contributed by atoms with Crippen LogP contribution in [0.3, 0.4) is 0 Å². The molecule has 0 saturated heterocycles. The fraction of sp³-hybridized carbons (Fsp3) is 0.250. The summed E-state index contributed by atoms with van der Waals surface area (Å²) in [6.45, 7) is 0. The van der Waals surface area contributed by atoms with Gasteiger partial charge in [-0.05, 0) is 22.4 Å². The molecule has 3 nitrogen and oxygen atoms in total. The molecule has 1 aromatic heterocycles. The van der Waals surface area contributed by atoms with Gasteiger partial charge in [0, 0.05) is 24.2 Å². The van der Waals surface area contributed by atoms with Crippen LogP contribution in [0, 0.1) is 0 Å². The molecule has 84 valence electrons. The van der Waals surface area contributed by atoms with Crippen molar-refractivity contribution < 1.29 is 4.79 Å². The van der Waals surface area contributed by atoms with Crippen LogP contribution in [0.1, 0.15) is 18.0 Å². The Hall–Kier alpha value is -1.39. The van der Waals surface area contributed by atoms with Crippen LogP contribution in [0.4, 0.5) is 0 Å². The zero-order valence-electron chi connectivity index (χ0n) is 9.07. The topological polar surface area (TPSA) is 55.1 Å². The number of nitrogens with one attached hydrogen (secondary N) is 1. The number of benzene rings is 1. The van der Waals surface area contributed by atoms with E-state index in [2.05, 4.69) is 11.4 Å². The largest absolute Gasteiger partial charge is 0.359 e. The van der Waals surface area contributed by atoms with Crippen LogP contribution in [0.25, 0.3) is 10.1 Å². The molecule has 2 rings (SSSR count). The van der Waals surface area contributed by atoms with E-state index in [9.17, 15) is 4.79 Å². The smallest absolute Gasteiger partial charge is 0.221 e. The van der Waals surface area contributed by atoms with Gasteiger partial charge >= 0.3 is 0 Å². The van der Waals surface area contributed by atoms with Gasteiger partial charge in [-0.15, -0.1) is 11.3 Å². The lowest BCUT2D eigenvalue weighted by molar-refractivity contribution is -0.120. The van der Waals surface area contributed by atoms with Crippen molar-refractivity contribution in [3.63, 3.8) is 0 Å². The van der Waals surface area contributed by atoms with Gasteiger partial charge in [0.15, 0.2) is 0 Å². The Morgan fingerprint density at radius 3 is 3.00 bits per heavy atom. The van der Waals surface area contributed by atoms with Crippen molar-refractivity contribution in [3.05, 3.63) is 35.2 Å². The molecule has 1 unspecified atom stereocenters. The van der Waals surface area contributed by atoms with Gasteiger partial charge in [0.1, 0.15) is 0 Å². The summed E-state index contributed by atoms with van der Waals surface area (Å²) >= 11 is 1.67. The number of thiophene rings is 1. The van der Waals surface area contributed by atoms with Crippen LogP contribution in [0.15, 0.2) is 29.6 Å². The summed E-state index contributed by atoms with van der Waals surface area (Å²) in [6.07, 6.45) is 0.331. The highest BCUT2D eigenvalue weighted by atomic mass is 32.1. The minimum Gasteiger partial charge on any atom is -0.359 e. The molecule has 0 radical (unpaired) electrons.